The molecule has 0 unspecified atom stereocenters. The van der Waals surface area contributed by atoms with E-state index in [1.165, 1.54) is 10.1 Å². The summed E-state index contributed by atoms with van der Waals surface area (Å²) in [7, 11) is 0. The highest BCUT2D eigenvalue weighted by Crippen LogP contribution is 2.29. The van der Waals surface area contributed by atoms with E-state index in [4.69, 9.17) is 5.11 Å². The van der Waals surface area contributed by atoms with E-state index in [-0.39, 0.29) is 18.7 Å². The number of nitrogens with one attached hydrogen (secondary N) is 1. The first kappa shape index (κ1) is 21.3. The first-order chi connectivity index (χ1) is 15.1. The lowest BCUT2D eigenvalue weighted by Crippen LogP contribution is -2.47. The third kappa shape index (κ3) is 5.39. The van der Waals surface area contributed by atoms with Crippen molar-refractivity contribution in [2.24, 2.45) is 0 Å². The Balaban J connectivity index is 1.30. The molecule has 8 heteroatoms. The van der Waals surface area contributed by atoms with Crippen molar-refractivity contribution in [2.45, 2.75) is 19.3 Å². The monoisotopic (exact) mass is 438 g/mol. The highest BCUT2D eigenvalue weighted by Gasteiger charge is 2.20. The van der Waals surface area contributed by atoms with Crippen LogP contribution < -0.4 is 10.2 Å². The normalized spacial score (nSPS) is 14.6. The van der Waals surface area contributed by atoms with Crippen LogP contribution in [0.1, 0.15) is 18.4 Å². The van der Waals surface area contributed by atoms with Crippen molar-refractivity contribution in [3.63, 3.8) is 0 Å². The Labute approximate surface area is 185 Å². The van der Waals surface area contributed by atoms with E-state index in [2.05, 4.69) is 43.8 Å². The average Bonchev–Trinajstić information content (AvgIpc) is 3.22. The molecule has 0 saturated carbocycles. The lowest BCUT2D eigenvalue weighted by Gasteiger charge is -2.35. The smallest absolute Gasteiger partial charge is 0.303 e. The Morgan fingerprint density at radius 3 is 2.55 bits per heavy atom. The molecule has 1 saturated heterocycles. The van der Waals surface area contributed by atoms with Crippen LogP contribution >= 0.6 is 11.5 Å². The Bertz CT molecular complexity index is 1060. The van der Waals surface area contributed by atoms with Gasteiger partial charge >= 0.3 is 5.97 Å². The van der Waals surface area contributed by atoms with E-state index >= 15 is 0 Å². The molecule has 1 aromatic heterocycles. The highest BCUT2D eigenvalue weighted by molar-refractivity contribution is 7.13. The van der Waals surface area contributed by atoms with Crippen molar-refractivity contribution >= 4 is 45.0 Å². The minimum Gasteiger partial charge on any atom is -0.481 e. The summed E-state index contributed by atoms with van der Waals surface area (Å²) in [4.78, 5) is 27.5. The fourth-order valence-electron chi connectivity index (χ4n) is 3.86. The highest BCUT2D eigenvalue weighted by atomic mass is 32.1. The number of fused-ring (bicyclic) bond motifs is 1. The maximum Gasteiger partial charge on any atom is 0.303 e. The second kappa shape index (κ2) is 9.89. The van der Waals surface area contributed by atoms with Crippen molar-refractivity contribution in [1.29, 1.82) is 0 Å². The Morgan fingerprint density at radius 1 is 1.00 bits per heavy atom. The summed E-state index contributed by atoms with van der Waals surface area (Å²) in [6.07, 6.45) is 0.651. The summed E-state index contributed by atoms with van der Waals surface area (Å²) in [5, 5.41) is 12.8. The van der Waals surface area contributed by atoms with Gasteiger partial charge in [0.15, 0.2) is 0 Å². The average molecular weight is 439 g/mol. The number of anilines is 2. The molecule has 7 nitrogen and oxygen atoms in total. The topological polar surface area (TPSA) is 85.8 Å². The molecule has 1 aliphatic heterocycles. The predicted molar refractivity (Wildman–Crippen MR) is 124 cm³/mol. The zero-order valence-corrected chi connectivity index (χ0v) is 18.1. The molecule has 2 heterocycles. The summed E-state index contributed by atoms with van der Waals surface area (Å²) in [6.45, 7) is 4.74. The van der Waals surface area contributed by atoms with Crippen molar-refractivity contribution in [1.82, 2.24) is 9.27 Å². The van der Waals surface area contributed by atoms with Crippen LogP contribution in [0.4, 0.5) is 11.5 Å². The van der Waals surface area contributed by atoms with Crippen LogP contribution in [0.3, 0.4) is 0 Å². The third-order valence-corrected chi connectivity index (χ3v) is 6.40. The fraction of sp³-hybridized carbons (Fsp3) is 0.348. The van der Waals surface area contributed by atoms with Gasteiger partial charge in [0.1, 0.15) is 5.82 Å². The molecule has 3 aromatic rings. The van der Waals surface area contributed by atoms with Crippen molar-refractivity contribution in [3.05, 3.63) is 54.1 Å². The molecule has 0 radical (unpaired) electrons. The molecule has 162 valence electrons. The van der Waals surface area contributed by atoms with Gasteiger partial charge in [-0.2, -0.15) is 4.37 Å². The first-order valence-electron chi connectivity index (χ1n) is 10.5. The van der Waals surface area contributed by atoms with E-state index in [1.54, 1.807) is 11.5 Å². The summed E-state index contributed by atoms with van der Waals surface area (Å²) >= 11 is 1.55. The molecule has 1 amide bonds. The number of carboxylic acids is 1. The van der Waals surface area contributed by atoms with Gasteiger partial charge in [-0.3, -0.25) is 14.5 Å². The molecule has 1 aliphatic rings. The number of piperazine rings is 1. The number of carbonyl (C=O) groups excluding carboxylic acids is 1. The largest absolute Gasteiger partial charge is 0.481 e. The fourth-order valence-corrected chi connectivity index (χ4v) is 4.65. The third-order valence-electron chi connectivity index (χ3n) is 5.58. The molecule has 1 fully saturated rings. The number of hydrogen-bond acceptors (Lipinski definition) is 6. The summed E-state index contributed by atoms with van der Waals surface area (Å²) in [6, 6.07) is 16.1. The molecule has 0 aliphatic carbocycles. The van der Waals surface area contributed by atoms with E-state index in [0.717, 1.165) is 56.2 Å². The number of amides is 1. The standard InChI is InChI=1S/C23H26N4O3S/c28-21(9-10-22(29)30)24-19-7-3-1-5-17(19)11-12-26-13-15-27(16-14-26)23-18-6-2-4-8-20(18)31-25-23/h1-8H,9-16H2,(H,24,28)(H,29,30). The molecule has 0 bridgehead atoms. The lowest BCUT2D eigenvalue weighted by atomic mass is 10.1. The van der Waals surface area contributed by atoms with Crippen LogP contribution in [0, 0.1) is 0 Å². The van der Waals surface area contributed by atoms with Gasteiger partial charge in [0, 0.05) is 50.2 Å². The van der Waals surface area contributed by atoms with Crippen LogP contribution in [-0.2, 0) is 16.0 Å². The number of benzene rings is 2. The molecular weight excluding hydrogens is 412 g/mol. The number of nitrogens with zero attached hydrogens (tertiary/aromatic N) is 3. The summed E-state index contributed by atoms with van der Waals surface area (Å²) < 4.78 is 5.90. The van der Waals surface area contributed by atoms with Gasteiger partial charge in [-0.05, 0) is 41.7 Å². The number of carbonyl (C=O) groups is 2. The van der Waals surface area contributed by atoms with Gasteiger partial charge < -0.3 is 15.3 Å². The maximum absolute atomic E-state index is 12.0. The molecule has 2 aromatic carbocycles. The van der Waals surface area contributed by atoms with Crippen molar-refractivity contribution in [2.75, 3.05) is 42.9 Å². The second-order valence-corrected chi connectivity index (χ2v) is 8.49. The summed E-state index contributed by atoms with van der Waals surface area (Å²) in [5.41, 5.74) is 1.84. The first-order valence-corrected chi connectivity index (χ1v) is 11.3. The van der Waals surface area contributed by atoms with Crippen molar-refractivity contribution < 1.29 is 14.7 Å². The molecule has 0 spiro atoms. The van der Waals surface area contributed by atoms with Gasteiger partial charge in [0.25, 0.3) is 0 Å². The van der Waals surface area contributed by atoms with Gasteiger partial charge in [-0.25, -0.2) is 0 Å². The zero-order valence-electron chi connectivity index (χ0n) is 17.3. The van der Waals surface area contributed by atoms with Gasteiger partial charge in [0.05, 0.1) is 11.1 Å². The Kier molecular flexibility index (Phi) is 6.79. The quantitative estimate of drug-likeness (QED) is 0.560. The van der Waals surface area contributed by atoms with Crippen molar-refractivity contribution in [3.8, 4) is 0 Å². The number of para-hydroxylation sites is 1. The number of aromatic nitrogens is 1. The van der Waals surface area contributed by atoms with Gasteiger partial charge in [-0.15, -0.1) is 0 Å². The number of rotatable bonds is 8. The zero-order chi connectivity index (χ0) is 21.6. The molecular formula is C23H26N4O3S. The van der Waals surface area contributed by atoms with Crippen LogP contribution in [0.2, 0.25) is 0 Å². The minimum absolute atomic E-state index is 0.0169. The van der Waals surface area contributed by atoms with Crippen LogP contribution in [0.15, 0.2) is 48.5 Å². The predicted octanol–water partition coefficient (Wildman–Crippen LogP) is 3.46. The molecule has 0 atom stereocenters. The summed E-state index contributed by atoms with van der Waals surface area (Å²) in [5.74, 6) is -0.137. The van der Waals surface area contributed by atoms with E-state index < -0.39 is 5.97 Å². The van der Waals surface area contributed by atoms with E-state index in [0.29, 0.717) is 0 Å². The van der Waals surface area contributed by atoms with Gasteiger partial charge in [-0.1, -0.05) is 30.3 Å². The molecule has 4 rings (SSSR count). The van der Waals surface area contributed by atoms with Crippen LogP contribution in [-0.4, -0.2) is 59.0 Å². The van der Waals surface area contributed by atoms with Gasteiger partial charge in [0.2, 0.25) is 5.91 Å². The maximum atomic E-state index is 12.0. The van der Waals surface area contributed by atoms with E-state index in [1.807, 2.05) is 24.3 Å². The number of aliphatic carboxylic acids is 1. The lowest BCUT2D eigenvalue weighted by molar-refractivity contribution is -0.138. The molecule has 31 heavy (non-hydrogen) atoms. The SMILES string of the molecule is O=C(O)CCC(=O)Nc1ccccc1CCN1CCN(c2nsc3ccccc23)CC1. The van der Waals surface area contributed by atoms with Crippen LogP contribution in [0.25, 0.3) is 10.1 Å². The minimum atomic E-state index is -0.965. The molecule has 2 N–H and O–H groups in total. The van der Waals surface area contributed by atoms with E-state index in [9.17, 15) is 9.59 Å². The Morgan fingerprint density at radius 2 is 1.74 bits per heavy atom. The second-order valence-electron chi connectivity index (χ2n) is 7.68. The number of carboxylic acid groups (broad SMARTS) is 1. The number of hydrogen-bond donors (Lipinski definition) is 2. The Hall–Kier alpha value is -2.97. The van der Waals surface area contributed by atoms with Crippen LogP contribution in [0.5, 0.6) is 0 Å².